The molecule has 1 saturated carbocycles. The molecular formula is C12H18BrNS. The van der Waals surface area contributed by atoms with Crippen molar-refractivity contribution in [2.45, 2.75) is 39.2 Å². The van der Waals surface area contributed by atoms with Crippen molar-refractivity contribution < 1.29 is 0 Å². The average molecular weight is 288 g/mol. The van der Waals surface area contributed by atoms with Gasteiger partial charge >= 0.3 is 0 Å². The Hall–Kier alpha value is 0.140. The lowest BCUT2D eigenvalue weighted by Gasteiger charge is -2.20. The summed E-state index contributed by atoms with van der Waals surface area (Å²) in [5.74, 6) is 0. The molecule has 1 nitrogen and oxygen atoms in total. The van der Waals surface area contributed by atoms with Crippen LogP contribution in [0.15, 0.2) is 15.9 Å². The van der Waals surface area contributed by atoms with Crippen LogP contribution in [0.25, 0.3) is 0 Å². The fourth-order valence-electron chi connectivity index (χ4n) is 1.77. The van der Waals surface area contributed by atoms with E-state index in [0.29, 0.717) is 11.5 Å². The molecule has 1 atom stereocenters. The molecule has 1 heterocycles. The number of rotatable bonds is 5. The summed E-state index contributed by atoms with van der Waals surface area (Å²) in [5, 5.41) is 3.63. The summed E-state index contributed by atoms with van der Waals surface area (Å²) >= 11 is 5.33. The van der Waals surface area contributed by atoms with Gasteiger partial charge in [-0.1, -0.05) is 6.92 Å². The Kier molecular flexibility index (Phi) is 3.53. The van der Waals surface area contributed by atoms with E-state index in [1.807, 2.05) is 11.3 Å². The van der Waals surface area contributed by atoms with Gasteiger partial charge in [-0.2, -0.15) is 0 Å². The minimum absolute atomic E-state index is 0.593. The highest BCUT2D eigenvalue weighted by Gasteiger charge is 2.41. The summed E-state index contributed by atoms with van der Waals surface area (Å²) in [6, 6.07) is 5.01. The number of halogens is 1. The Morgan fingerprint density at radius 2 is 2.27 bits per heavy atom. The van der Waals surface area contributed by atoms with E-state index in [2.05, 4.69) is 47.2 Å². The Balaban J connectivity index is 1.71. The van der Waals surface area contributed by atoms with E-state index in [0.717, 1.165) is 13.0 Å². The SMILES string of the molecule is CC(NCCc1ccc(Br)s1)C1(C)CC1. The van der Waals surface area contributed by atoms with E-state index in [4.69, 9.17) is 0 Å². The molecule has 2 rings (SSSR count). The van der Waals surface area contributed by atoms with Crippen LogP contribution >= 0.6 is 27.3 Å². The molecule has 1 N–H and O–H groups in total. The molecule has 84 valence electrons. The van der Waals surface area contributed by atoms with E-state index < -0.39 is 0 Å². The van der Waals surface area contributed by atoms with Crippen LogP contribution in [0.4, 0.5) is 0 Å². The molecule has 0 aliphatic heterocycles. The third kappa shape index (κ3) is 3.05. The molecule has 0 amide bonds. The summed E-state index contributed by atoms with van der Waals surface area (Å²) in [5.41, 5.74) is 0.593. The van der Waals surface area contributed by atoms with Gasteiger partial charge in [-0.05, 0) is 59.7 Å². The van der Waals surface area contributed by atoms with Crippen molar-refractivity contribution >= 4 is 27.3 Å². The lowest BCUT2D eigenvalue weighted by molar-refractivity contribution is 0.384. The molecule has 0 bridgehead atoms. The second-order valence-electron chi connectivity index (χ2n) is 4.79. The number of hydrogen-bond donors (Lipinski definition) is 1. The quantitative estimate of drug-likeness (QED) is 0.868. The largest absolute Gasteiger partial charge is 0.313 e. The molecule has 1 fully saturated rings. The van der Waals surface area contributed by atoms with Crippen LogP contribution in [-0.4, -0.2) is 12.6 Å². The van der Waals surface area contributed by atoms with Gasteiger partial charge in [-0.3, -0.25) is 0 Å². The Labute approximate surface area is 104 Å². The molecule has 0 spiro atoms. The summed E-state index contributed by atoms with van der Waals surface area (Å²) in [7, 11) is 0. The predicted molar refractivity (Wildman–Crippen MR) is 70.5 cm³/mol. The van der Waals surface area contributed by atoms with Crippen molar-refractivity contribution in [2.24, 2.45) is 5.41 Å². The molecule has 0 saturated heterocycles. The maximum absolute atomic E-state index is 3.63. The zero-order valence-corrected chi connectivity index (χ0v) is 11.7. The van der Waals surface area contributed by atoms with E-state index in [-0.39, 0.29) is 0 Å². The summed E-state index contributed by atoms with van der Waals surface area (Å²) in [4.78, 5) is 1.46. The lowest BCUT2D eigenvalue weighted by atomic mass is 10.0. The maximum Gasteiger partial charge on any atom is 0.0701 e. The van der Waals surface area contributed by atoms with Gasteiger partial charge in [0.05, 0.1) is 3.79 Å². The van der Waals surface area contributed by atoms with Gasteiger partial charge in [0.15, 0.2) is 0 Å². The minimum atomic E-state index is 0.593. The molecule has 1 aliphatic carbocycles. The first-order valence-corrected chi connectivity index (χ1v) is 7.19. The molecule has 1 aliphatic rings. The Morgan fingerprint density at radius 1 is 1.53 bits per heavy atom. The molecule has 1 unspecified atom stereocenters. The van der Waals surface area contributed by atoms with E-state index in [1.165, 1.54) is 21.5 Å². The van der Waals surface area contributed by atoms with Crippen LogP contribution in [0.3, 0.4) is 0 Å². The lowest BCUT2D eigenvalue weighted by Crippen LogP contribution is -2.34. The van der Waals surface area contributed by atoms with Gasteiger partial charge in [-0.15, -0.1) is 11.3 Å². The van der Waals surface area contributed by atoms with Gasteiger partial charge in [0.25, 0.3) is 0 Å². The highest BCUT2D eigenvalue weighted by atomic mass is 79.9. The van der Waals surface area contributed by atoms with Gasteiger partial charge in [0, 0.05) is 17.5 Å². The smallest absolute Gasteiger partial charge is 0.0701 e. The van der Waals surface area contributed by atoms with Crippen LogP contribution in [0.5, 0.6) is 0 Å². The normalized spacial score (nSPS) is 20.2. The van der Waals surface area contributed by atoms with Gasteiger partial charge in [-0.25, -0.2) is 0 Å². The third-order valence-electron chi connectivity index (χ3n) is 3.53. The molecule has 1 aromatic rings. The molecular weight excluding hydrogens is 270 g/mol. The van der Waals surface area contributed by atoms with E-state index in [1.54, 1.807) is 0 Å². The standard InChI is InChI=1S/C12H18BrNS/c1-9(12(2)6-7-12)14-8-5-10-3-4-11(13)15-10/h3-4,9,14H,5-8H2,1-2H3. The second kappa shape index (κ2) is 4.56. The van der Waals surface area contributed by atoms with Crippen molar-refractivity contribution in [1.82, 2.24) is 5.32 Å². The zero-order chi connectivity index (χ0) is 10.9. The fraction of sp³-hybridized carbons (Fsp3) is 0.667. The monoisotopic (exact) mass is 287 g/mol. The molecule has 15 heavy (non-hydrogen) atoms. The fourth-order valence-corrected chi connectivity index (χ4v) is 3.26. The molecule has 0 radical (unpaired) electrons. The summed E-state index contributed by atoms with van der Waals surface area (Å²) in [6.07, 6.45) is 3.94. The summed E-state index contributed by atoms with van der Waals surface area (Å²) in [6.45, 7) is 5.80. The van der Waals surface area contributed by atoms with Gasteiger partial charge in [0.1, 0.15) is 0 Å². The highest BCUT2D eigenvalue weighted by molar-refractivity contribution is 9.11. The molecule has 3 heteroatoms. The average Bonchev–Trinajstić information content (AvgIpc) is 2.81. The van der Waals surface area contributed by atoms with Crippen LogP contribution in [0.2, 0.25) is 0 Å². The zero-order valence-electron chi connectivity index (χ0n) is 9.35. The summed E-state index contributed by atoms with van der Waals surface area (Å²) < 4.78 is 1.24. The topological polar surface area (TPSA) is 12.0 Å². The van der Waals surface area contributed by atoms with Crippen molar-refractivity contribution in [3.63, 3.8) is 0 Å². The van der Waals surface area contributed by atoms with Gasteiger partial charge < -0.3 is 5.32 Å². The van der Waals surface area contributed by atoms with Crippen LogP contribution in [0.1, 0.15) is 31.6 Å². The number of thiophene rings is 1. The minimum Gasteiger partial charge on any atom is -0.313 e. The molecule has 0 aromatic carbocycles. The first-order valence-electron chi connectivity index (χ1n) is 5.58. The van der Waals surface area contributed by atoms with Crippen LogP contribution < -0.4 is 5.32 Å². The van der Waals surface area contributed by atoms with Crippen molar-refractivity contribution in [1.29, 1.82) is 0 Å². The Morgan fingerprint density at radius 3 is 2.80 bits per heavy atom. The first-order chi connectivity index (χ1) is 7.10. The number of hydrogen-bond acceptors (Lipinski definition) is 2. The molecule has 1 aromatic heterocycles. The van der Waals surface area contributed by atoms with Crippen LogP contribution in [0, 0.1) is 5.41 Å². The van der Waals surface area contributed by atoms with Crippen LogP contribution in [-0.2, 0) is 6.42 Å². The van der Waals surface area contributed by atoms with Gasteiger partial charge in [0.2, 0.25) is 0 Å². The van der Waals surface area contributed by atoms with E-state index >= 15 is 0 Å². The van der Waals surface area contributed by atoms with Crippen molar-refractivity contribution in [3.05, 3.63) is 20.8 Å². The predicted octanol–water partition coefficient (Wildman–Crippen LogP) is 3.83. The first kappa shape index (κ1) is 11.6. The third-order valence-corrected chi connectivity index (χ3v) is 5.22. The van der Waals surface area contributed by atoms with E-state index in [9.17, 15) is 0 Å². The van der Waals surface area contributed by atoms with Crippen molar-refractivity contribution in [3.8, 4) is 0 Å². The van der Waals surface area contributed by atoms with Crippen molar-refractivity contribution in [2.75, 3.05) is 6.54 Å². The Bertz CT molecular complexity index is 330. The second-order valence-corrected chi connectivity index (χ2v) is 7.33. The highest BCUT2D eigenvalue weighted by Crippen LogP contribution is 2.47. The number of nitrogens with one attached hydrogen (secondary N) is 1. The maximum atomic E-state index is 3.63.